The molecule has 0 fully saturated rings. The van der Waals surface area contributed by atoms with Gasteiger partial charge in [0.2, 0.25) is 11.8 Å². The zero-order valence-electron chi connectivity index (χ0n) is 17.2. The molecule has 0 aliphatic heterocycles. The highest BCUT2D eigenvalue weighted by atomic mass is 16.5. The molecule has 32 heavy (non-hydrogen) atoms. The topological polar surface area (TPSA) is 168 Å². The summed E-state index contributed by atoms with van der Waals surface area (Å²) in [5, 5.41) is 23.5. The molecule has 0 bridgehead atoms. The summed E-state index contributed by atoms with van der Waals surface area (Å²) in [4.78, 5) is 47.6. The van der Waals surface area contributed by atoms with Gasteiger partial charge in [0.25, 0.3) is 0 Å². The van der Waals surface area contributed by atoms with Gasteiger partial charge >= 0.3 is 12.1 Å². The fraction of sp³-hybridized carbons (Fsp3) is 0.273. The second kappa shape index (κ2) is 11.9. The summed E-state index contributed by atoms with van der Waals surface area (Å²) in [5.74, 6) is -2.74. The first kappa shape index (κ1) is 24.2. The molecule has 170 valence electrons. The molecule has 10 nitrogen and oxygen atoms in total. The average Bonchev–Trinajstić information content (AvgIpc) is 2.76. The number of aromatic hydroxyl groups is 1. The van der Waals surface area contributed by atoms with Crippen LogP contribution in [-0.4, -0.2) is 46.2 Å². The molecule has 0 aliphatic rings. The first-order valence-electron chi connectivity index (χ1n) is 9.81. The summed E-state index contributed by atoms with van der Waals surface area (Å²) in [7, 11) is 0. The summed E-state index contributed by atoms with van der Waals surface area (Å²) in [6, 6.07) is 12.2. The van der Waals surface area contributed by atoms with Gasteiger partial charge in [-0.2, -0.15) is 0 Å². The molecule has 10 heteroatoms. The zero-order chi connectivity index (χ0) is 23.5. The Morgan fingerprint density at radius 3 is 2.16 bits per heavy atom. The summed E-state index contributed by atoms with van der Waals surface area (Å²) in [6.45, 7) is -0.0323. The van der Waals surface area contributed by atoms with Crippen LogP contribution in [0, 0.1) is 0 Å². The molecule has 0 aliphatic carbocycles. The van der Waals surface area contributed by atoms with E-state index in [0.29, 0.717) is 5.56 Å². The summed E-state index contributed by atoms with van der Waals surface area (Å²) < 4.78 is 5.09. The van der Waals surface area contributed by atoms with Gasteiger partial charge in [0.15, 0.2) is 0 Å². The number of nitrogens with one attached hydrogen (secondary N) is 2. The van der Waals surface area contributed by atoms with E-state index in [1.54, 1.807) is 24.3 Å². The number of ether oxygens (including phenoxy) is 1. The molecule has 0 saturated heterocycles. The lowest BCUT2D eigenvalue weighted by Gasteiger charge is -2.21. The number of alkyl carbamates (subject to hydrolysis) is 1. The van der Waals surface area contributed by atoms with E-state index in [0.717, 1.165) is 5.56 Å². The Hall–Kier alpha value is -4.08. The number of rotatable bonds is 11. The molecular weight excluding hydrogens is 418 g/mol. The largest absolute Gasteiger partial charge is 0.508 e. The SMILES string of the molecule is NC(=O)CC[C@@H](NC(=O)OCc1ccccc1)C(=O)N[C@H](Cc1ccc(O)cc1)C(=O)O. The van der Waals surface area contributed by atoms with E-state index in [-0.39, 0.29) is 31.6 Å². The third kappa shape index (κ3) is 8.34. The van der Waals surface area contributed by atoms with Crippen molar-refractivity contribution in [2.75, 3.05) is 0 Å². The van der Waals surface area contributed by atoms with E-state index in [2.05, 4.69) is 10.6 Å². The van der Waals surface area contributed by atoms with Crippen molar-refractivity contribution in [2.24, 2.45) is 5.73 Å². The van der Waals surface area contributed by atoms with Crippen LogP contribution < -0.4 is 16.4 Å². The molecule has 0 saturated carbocycles. The third-order valence-electron chi connectivity index (χ3n) is 4.49. The minimum atomic E-state index is -1.30. The van der Waals surface area contributed by atoms with Crippen LogP contribution >= 0.6 is 0 Å². The van der Waals surface area contributed by atoms with Gasteiger partial charge in [-0.25, -0.2) is 9.59 Å². The van der Waals surface area contributed by atoms with Crippen LogP contribution in [0.5, 0.6) is 5.75 Å². The van der Waals surface area contributed by atoms with E-state index in [1.807, 2.05) is 6.07 Å². The molecular formula is C22H25N3O7. The molecule has 3 amide bonds. The van der Waals surface area contributed by atoms with Crippen molar-refractivity contribution in [3.63, 3.8) is 0 Å². The van der Waals surface area contributed by atoms with E-state index in [4.69, 9.17) is 10.5 Å². The average molecular weight is 443 g/mol. The number of carbonyl (C=O) groups is 4. The van der Waals surface area contributed by atoms with Crippen molar-refractivity contribution in [3.05, 3.63) is 65.7 Å². The molecule has 2 atom stereocenters. The van der Waals surface area contributed by atoms with Crippen LogP contribution in [-0.2, 0) is 32.1 Å². The standard InChI is InChI=1S/C22H25N3O7/c23-19(27)11-10-17(25-22(31)32-13-15-4-2-1-3-5-15)20(28)24-18(21(29)30)12-14-6-8-16(26)9-7-14/h1-9,17-18,26H,10-13H2,(H2,23,27)(H,24,28)(H,25,31)(H,29,30)/t17-,18-/m1/s1. The van der Waals surface area contributed by atoms with E-state index < -0.39 is 36.0 Å². The Morgan fingerprint density at radius 1 is 0.906 bits per heavy atom. The van der Waals surface area contributed by atoms with Gasteiger partial charge in [0.1, 0.15) is 24.4 Å². The van der Waals surface area contributed by atoms with Crippen molar-refractivity contribution in [1.29, 1.82) is 0 Å². The van der Waals surface area contributed by atoms with Crippen molar-refractivity contribution in [2.45, 2.75) is 38.0 Å². The number of amides is 3. The predicted molar refractivity (Wildman–Crippen MR) is 113 cm³/mol. The lowest BCUT2D eigenvalue weighted by molar-refractivity contribution is -0.142. The molecule has 2 aromatic carbocycles. The first-order chi connectivity index (χ1) is 15.2. The van der Waals surface area contributed by atoms with E-state index >= 15 is 0 Å². The Morgan fingerprint density at radius 2 is 1.56 bits per heavy atom. The zero-order valence-corrected chi connectivity index (χ0v) is 17.2. The molecule has 2 rings (SSSR count). The van der Waals surface area contributed by atoms with Crippen molar-refractivity contribution < 1.29 is 34.1 Å². The van der Waals surface area contributed by atoms with Gasteiger partial charge < -0.3 is 31.3 Å². The number of carboxylic acid groups (broad SMARTS) is 1. The van der Waals surface area contributed by atoms with Gasteiger partial charge in [-0.3, -0.25) is 9.59 Å². The maximum absolute atomic E-state index is 12.7. The van der Waals surface area contributed by atoms with Gasteiger partial charge in [0, 0.05) is 12.8 Å². The number of phenolic OH excluding ortho intramolecular Hbond substituents is 1. The van der Waals surface area contributed by atoms with Gasteiger partial charge in [-0.1, -0.05) is 42.5 Å². The molecule has 0 aromatic heterocycles. The fourth-order valence-electron chi connectivity index (χ4n) is 2.80. The Balaban J connectivity index is 2.01. The molecule has 0 unspecified atom stereocenters. The summed E-state index contributed by atoms with van der Waals surface area (Å²) in [5.41, 5.74) is 6.45. The normalized spacial score (nSPS) is 12.2. The second-order valence-corrected chi connectivity index (χ2v) is 7.03. The monoisotopic (exact) mass is 443 g/mol. The Labute approximate surface area is 184 Å². The number of hydrogen-bond donors (Lipinski definition) is 5. The molecule has 0 spiro atoms. The number of carbonyl (C=O) groups excluding carboxylic acids is 3. The summed E-state index contributed by atoms with van der Waals surface area (Å²) >= 11 is 0. The van der Waals surface area contributed by atoms with Crippen molar-refractivity contribution >= 4 is 23.9 Å². The Bertz CT molecular complexity index is 932. The van der Waals surface area contributed by atoms with Crippen molar-refractivity contribution in [1.82, 2.24) is 10.6 Å². The highest BCUT2D eigenvalue weighted by molar-refractivity contribution is 5.89. The smallest absolute Gasteiger partial charge is 0.408 e. The number of benzene rings is 2. The van der Waals surface area contributed by atoms with Crippen molar-refractivity contribution in [3.8, 4) is 5.75 Å². The Kier molecular flexibility index (Phi) is 9.03. The third-order valence-corrected chi connectivity index (χ3v) is 4.49. The van der Waals surface area contributed by atoms with Crippen LogP contribution in [0.3, 0.4) is 0 Å². The maximum atomic E-state index is 12.7. The quantitative estimate of drug-likeness (QED) is 0.346. The predicted octanol–water partition coefficient (Wildman–Crippen LogP) is 1.06. The van der Waals surface area contributed by atoms with E-state index in [1.165, 1.54) is 24.3 Å². The molecule has 0 heterocycles. The molecule has 0 radical (unpaired) electrons. The number of primary amides is 1. The number of phenols is 1. The number of aliphatic carboxylic acids is 1. The minimum Gasteiger partial charge on any atom is -0.508 e. The van der Waals surface area contributed by atoms with Crippen LogP contribution in [0.1, 0.15) is 24.0 Å². The molecule has 2 aromatic rings. The lowest BCUT2D eigenvalue weighted by atomic mass is 10.0. The minimum absolute atomic E-state index is 0.0226. The summed E-state index contributed by atoms with van der Waals surface area (Å²) in [6.07, 6.45) is -1.29. The van der Waals surface area contributed by atoms with Gasteiger partial charge in [-0.15, -0.1) is 0 Å². The number of hydrogen-bond acceptors (Lipinski definition) is 6. The van der Waals surface area contributed by atoms with Crippen LogP contribution in [0.4, 0.5) is 4.79 Å². The number of nitrogens with two attached hydrogens (primary N) is 1. The van der Waals surface area contributed by atoms with Gasteiger partial charge in [-0.05, 0) is 29.7 Å². The van der Waals surface area contributed by atoms with Crippen LogP contribution in [0.25, 0.3) is 0 Å². The van der Waals surface area contributed by atoms with Gasteiger partial charge in [0.05, 0.1) is 0 Å². The molecule has 6 N–H and O–H groups in total. The van der Waals surface area contributed by atoms with Crippen LogP contribution in [0.15, 0.2) is 54.6 Å². The first-order valence-corrected chi connectivity index (χ1v) is 9.81. The lowest BCUT2D eigenvalue weighted by Crippen LogP contribution is -2.52. The second-order valence-electron chi connectivity index (χ2n) is 7.03. The fourth-order valence-corrected chi connectivity index (χ4v) is 2.80. The number of carboxylic acids is 1. The highest BCUT2D eigenvalue weighted by Gasteiger charge is 2.27. The highest BCUT2D eigenvalue weighted by Crippen LogP contribution is 2.12. The maximum Gasteiger partial charge on any atom is 0.408 e. The van der Waals surface area contributed by atoms with Crippen LogP contribution in [0.2, 0.25) is 0 Å². The van der Waals surface area contributed by atoms with E-state index in [9.17, 15) is 29.4 Å².